The average molecular weight is 441 g/mol. The second kappa shape index (κ2) is 9.61. The lowest BCUT2D eigenvalue weighted by atomic mass is 10.1. The molecule has 0 spiro atoms. The maximum Gasteiger partial charge on any atom is 0.291 e. The predicted octanol–water partition coefficient (Wildman–Crippen LogP) is 3.57. The van der Waals surface area contributed by atoms with Gasteiger partial charge in [-0.25, -0.2) is 8.42 Å². The topological polar surface area (TPSA) is 105 Å². The van der Waals surface area contributed by atoms with Crippen LogP contribution in [0.15, 0.2) is 76.0 Å². The zero-order valence-corrected chi connectivity index (χ0v) is 18.1. The average Bonchev–Trinajstić information content (AvgIpc) is 3.17. The second-order valence-electron chi connectivity index (χ2n) is 7.39. The second-order valence-corrected chi connectivity index (χ2v) is 9.38. The molecular weight excluding hydrogens is 416 g/mol. The van der Waals surface area contributed by atoms with Gasteiger partial charge in [0, 0.05) is 11.7 Å². The van der Waals surface area contributed by atoms with Gasteiger partial charge in [0.15, 0.2) is 15.6 Å². The third-order valence-corrected chi connectivity index (χ3v) is 6.00. The Morgan fingerprint density at radius 1 is 0.935 bits per heavy atom. The number of carbonyl (C=O) groups is 2. The van der Waals surface area contributed by atoms with E-state index in [0.29, 0.717) is 5.69 Å². The summed E-state index contributed by atoms with van der Waals surface area (Å²) < 4.78 is 30.3. The van der Waals surface area contributed by atoms with Crippen LogP contribution in [-0.2, 0) is 26.8 Å². The molecule has 1 aromatic heterocycles. The highest BCUT2D eigenvalue weighted by atomic mass is 32.2. The number of benzene rings is 2. The van der Waals surface area contributed by atoms with E-state index in [-0.39, 0.29) is 40.5 Å². The predicted molar refractivity (Wildman–Crippen MR) is 117 cm³/mol. The zero-order valence-electron chi connectivity index (χ0n) is 17.3. The normalized spacial score (nSPS) is 11.3. The van der Waals surface area contributed by atoms with Gasteiger partial charge in [-0.3, -0.25) is 9.59 Å². The lowest BCUT2D eigenvalue weighted by molar-refractivity contribution is -0.120. The Hall–Kier alpha value is -3.39. The molecule has 0 fully saturated rings. The van der Waals surface area contributed by atoms with Crippen molar-refractivity contribution in [3.05, 3.63) is 83.8 Å². The fourth-order valence-electron chi connectivity index (χ4n) is 2.93. The van der Waals surface area contributed by atoms with Crippen molar-refractivity contribution in [3.8, 4) is 0 Å². The molecule has 3 aromatic rings. The molecule has 2 amide bonds. The number of carbonyl (C=O) groups excluding carboxylic acids is 2. The van der Waals surface area contributed by atoms with Crippen LogP contribution in [0.1, 0.15) is 35.7 Å². The fraction of sp³-hybridized carbons (Fsp3) is 0.217. The summed E-state index contributed by atoms with van der Waals surface area (Å²) in [7, 11) is -3.57. The largest absolute Gasteiger partial charge is 0.455 e. The number of sulfone groups is 1. The monoisotopic (exact) mass is 440 g/mol. The lowest BCUT2D eigenvalue weighted by Gasteiger charge is -2.09. The molecule has 31 heavy (non-hydrogen) atoms. The van der Waals surface area contributed by atoms with Gasteiger partial charge >= 0.3 is 0 Å². The van der Waals surface area contributed by atoms with Gasteiger partial charge in [0.1, 0.15) is 11.5 Å². The molecule has 0 aliphatic heterocycles. The number of rotatable bonds is 8. The highest BCUT2D eigenvalue weighted by Gasteiger charge is 2.19. The van der Waals surface area contributed by atoms with Crippen LogP contribution in [0.2, 0.25) is 0 Å². The Kier molecular flexibility index (Phi) is 6.91. The van der Waals surface area contributed by atoms with Gasteiger partial charge in [-0.05, 0) is 55.8 Å². The fourth-order valence-corrected chi connectivity index (χ4v) is 4.20. The van der Waals surface area contributed by atoms with Gasteiger partial charge in [-0.1, -0.05) is 30.3 Å². The molecule has 0 saturated carbocycles. The molecule has 2 aromatic carbocycles. The van der Waals surface area contributed by atoms with Gasteiger partial charge < -0.3 is 15.1 Å². The maximum atomic E-state index is 12.4. The number of amides is 2. The summed E-state index contributed by atoms with van der Waals surface area (Å²) >= 11 is 0. The summed E-state index contributed by atoms with van der Waals surface area (Å²) in [4.78, 5) is 24.4. The highest BCUT2D eigenvalue weighted by Crippen LogP contribution is 2.19. The van der Waals surface area contributed by atoms with Gasteiger partial charge in [0.2, 0.25) is 5.91 Å². The first-order valence-corrected chi connectivity index (χ1v) is 11.4. The van der Waals surface area contributed by atoms with Gasteiger partial charge in [-0.15, -0.1) is 0 Å². The smallest absolute Gasteiger partial charge is 0.291 e. The van der Waals surface area contributed by atoms with E-state index in [4.69, 9.17) is 4.42 Å². The molecule has 0 atom stereocenters. The van der Waals surface area contributed by atoms with Crippen molar-refractivity contribution < 1.29 is 22.4 Å². The van der Waals surface area contributed by atoms with Crippen molar-refractivity contribution in [3.63, 3.8) is 0 Å². The number of hydrogen-bond acceptors (Lipinski definition) is 5. The summed E-state index contributed by atoms with van der Waals surface area (Å²) in [6, 6.07) is 18.0. The van der Waals surface area contributed by atoms with E-state index in [0.717, 1.165) is 5.56 Å². The van der Waals surface area contributed by atoms with E-state index in [1.165, 1.54) is 24.3 Å². The van der Waals surface area contributed by atoms with E-state index in [2.05, 4.69) is 10.6 Å². The summed E-state index contributed by atoms with van der Waals surface area (Å²) in [5.74, 6) is -0.703. The zero-order chi connectivity index (χ0) is 22.4. The van der Waals surface area contributed by atoms with Crippen molar-refractivity contribution in [1.29, 1.82) is 0 Å². The van der Waals surface area contributed by atoms with E-state index in [1.54, 1.807) is 42.5 Å². The third-order valence-electron chi connectivity index (χ3n) is 4.35. The van der Waals surface area contributed by atoms with Gasteiger partial charge in [0.05, 0.1) is 11.3 Å². The van der Waals surface area contributed by atoms with Crippen LogP contribution in [0.3, 0.4) is 0 Å². The molecule has 1 heterocycles. The summed E-state index contributed by atoms with van der Waals surface area (Å²) in [6.07, 6.45) is 0.254. The maximum absolute atomic E-state index is 12.4. The van der Waals surface area contributed by atoms with Crippen molar-refractivity contribution in [2.75, 3.05) is 5.32 Å². The van der Waals surface area contributed by atoms with Crippen molar-refractivity contribution in [2.45, 2.75) is 37.0 Å². The minimum atomic E-state index is -3.57. The molecule has 0 bridgehead atoms. The van der Waals surface area contributed by atoms with Crippen LogP contribution >= 0.6 is 0 Å². The molecule has 0 aliphatic rings. The van der Waals surface area contributed by atoms with Crippen LogP contribution in [0, 0.1) is 0 Å². The van der Waals surface area contributed by atoms with Gasteiger partial charge in [0.25, 0.3) is 5.91 Å². The molecule has 0 saturated heterocycles. The van der Waals surface area contributed by atoms with Gasteiger partial charge in [-0.2, -0.15) is 0 Å². The summed E-state index contributed by atoms with van der Waals surface area (Å²) in [5, 5.41) is 5.52. The first-order chi connectivity index (χ1) is 14.7. The Morgan fingerprint density at radius 2 is 1.61 bits per heavy atom. The molecular formula is C23H24N2O5S. The Bertz CT molecular complexity index is 1150. The SMILES string of the molecule is CC(C)NC(=O)Cc1ccc(NC(=O)c2ccc(CS(=O)(=O)c3ccccc3)o2)cc1. The van der Waals surface area contributed by atoms with E-state index >= 15 is 0 Å². The Balaban J connectivity index is 1.60. The molecule has 0 unspecified atom stereocenters. The Labute approximate surface area is 181 Å². The standard InChI is InChI=1S/C23H24N2O5S/c1-16(2)24-22(26)14-17-8-10-18(11-9-17)25-23(27)21-13-12-19(30-21)15-31(28,29)20-6-4-3-5-7-20/h3-13,16H,14-15H2,1-2H3,(H,24,26)(H,25,27). The molecule has 8 heteroatoms. The van der Waals surface area contributed by atoms with Crippen molar-refractivity contribution in [2.24, 2.45) is 0 Å². The highest BCUT2D eigenvalue weighted by molar-refractivity contribution is 7.90. The molecule has 162 valence electrons. The van der Waals surface area contributed by atoms with E-state index < -0.39 is 15.7 Å². The van der Waals surface area contributed by atoms with Crippen LogP contribution in [0.25, 0.3) is 0 Å². The minimum Gasteiger partial charge on any atom is -0.455 e. The van der Waals surface area contributed by atoms with Crippen LogP contribution in [0.5, 0.6) is 0 Å². The van der Waals surface area contributed by atoms with E-state index in [1.807, 2.05) is 13.8 Å². The third kappa shape index (κ3) is 6.29. The lowest BCUT2D eigenvalue weighted by Crippen LogP contribution is -2.31. The van der Waals surface area contributed by atoms with Crippen molar-refractivity contribution >= 4 is 27.3 Å². The number of furan rings is 1. The summed E-state index contributed by atoms with van der Waals surface area (Å²) in [6.45, 7) is 3.79. The summed E-state index contributed by atoms with van der Waals surface area (Å²) in [5.41, 5.74) is 1.36. The molecule has 0 radical (unpaired) electrons. The van der Waals surface area contributed by atoms with E-state index in [9.17, 15) is 18.0 Å². The van der Waals surface area contributed by atoms with Crippen molar-refractivity contribution in [1.82, 2.24) is 5.32 Å². The molecule has 0 aliphatic carbocycles. The first kappa shape index (κ1) is 22.3. The molecule has 2 N–H and O–H groups in total. The minimum absolute atomic E-state index is 0.0126. The molecule has 7 nitrogen and oxygen atoms in total. The quantitative estimate of drug-likeness (QED) is 0.557. The van der Waals surface area contributed by atoms with Crippen LogP contribution in [-0.4, -0.2) is 26.3 Å². The van der Waals surface area contributed by atoms with Crippen LogP contribution in [0.4, 0.5) is 5.69 Å². The Morgan fingerprint density at radius 3 is 2.26 bits per heavy atom. The first-order valence-electron chi connectivity index (χ1n) is 9.79. The number of hydrogen-bond donors (Lipinski definition) is 2. The van der Waals surface area contributed by atoms with Crippen LogP contribution < -0.4 is 10.6 Å². The molecule has 3 rings (SSSR count). The number of nitrogens with one attached hydrogen (secondary N) is 2. The number of anilines is 1.